The van der Waals surface area contributed by atoms with Gasteiger partial charge in [-0.2, -0.15) is 0 Å². The first-order valence-electron chi connectivity index (χ1n) is 20.7. The number of aromatic nitrogens is 1. The second-order valence-electron chi connectivity index (χ2n) is 16.0. The number of nitrogens with zero attached hydrogens (tertiary/aromatic N) is 2. The van der Waals surface area contributed by atoms with Crippen molar-refractivity contribution in [1.29, 1.82) is 0 Å². The summed E-state index contributed by atoms with van der Waals surface area (Å²) in [6.45, 7) is 6.07. The highest BCUT2D eigenvalue weighted by molar-refractivity contribution is 6.31. The number of amides is 4. The van der Waals surface area contributed by atoms with Gasteiger partial charge in [0.15, 0.2) is 11.5 Å². The predicted octanol–water partition coefficient (Wildman–Crippen LogP) is 5.46. The van der Waals surface area contributed by atoms with Crippen molar-refractivity contribution in [2.45, 2.75) is 70.9 Å². The number of aryl methyl sites for hydroxylation is 1. The molecule has 0 radical (unpaired) electrons. The van der Waals surface area contributed by atoms with Gasteiger partial charge in [-0.1, -0.05) is 36.2 Å². The number of unbranched alkanes of at least 4 members (excludes halogenated alkanes) is 2. The maximum atomic E-state index is 14.6. The summed E-state index contributed by atoms with van der Waals surface area (Å²) in [6, 6.07) is 16.8. The van der Waals surface area contributed by atoms with E-state index in [1.165, 1.54) is 7.11 Å². The number of nitrogens with two attached hydrogens (primary N) is 1. The molecule has 0 aliphatic carbocycles. The largest absolute Gasteiger partial charge is 0.508 e. The van der Waals surface area contributed by atoms with Crippen molar-refractivity contribution in [2.75, 3.05) is 46.4 Å². The Kier molecular flexibility index (Phi) is 14.8. The smallest absolute Gasteiger partial charge is 0.254 e. The van der Waals surface area contributed by atoms with E-state index in [2.05, 4.69) is 15.6 Å². The number of hydrogen-bond acceptors (Lipinski definition) is 8. The average molecular weight is 829 g/mol. The molecule has 13 nitrogen and oxygen atoms in total. The minimum atomic E-state index is -0.824. The maximum absolute atomic E-state index is 14.6. The number of aromatic amines is 1. The number of piperidine rings is 1. The molecule has 0 bridgehead atoms. The first kappa shape index (κ1) is 43.3. The fourth-order valence-electron chi connectivity index (χ4n) is 8.39. The van der Waals surface area contributed by atoms with Crippen LogP contribution in [0.1, 0.15) is 67.4 Å². The number of hydrogen-bond donors (Lipinski definition) is 5. The number of fused-ring (bicyclic) bond motifs is 2. The number of benzene rings is 3. The van der Waals surface area contributed by atoms with Crippen molar-refractivity contribution < 1.29 is 33.8 Å². The highest BCUT2D eigenvalue weighted by Crippen LogP contribution is 2.38. The number of carbonyl (C=O) groups is 4. The number of H-pyrrole nitrogens is 1. The van der Waals surface area contributed by atoms with Gasteiger partial charge in [-0.25, -0.2) is 0 Å². The fraction of sp³-hybridized carbons (Fsp3) is 0.467. The van der Waals surface area contributed by atoms with E-state index in [9.17, 15) is 24.3 Å². The Morgan fingerprint density at radius 3 is 2.53 bits per heavy atom. The Bertz CT molecular complexity index is 2110. The number of nitrogens with one attached hydrogen (secondary N) is 3. The Morgan fingerprint density at radius 1 is 0.949 bits per heavy atom. The lowest BCUT2D eigenvalue weighted by atomic mass is 9.79. The summed E-state index contributed by atoms with van der Waals surface area (Å²) in [6.07, 6.45) is 5.91. The molecule has 4 atom stereocenters. The van der Waals surface area contributed by atoms with Crippen molar-refractivity contribution >= 4 is 46.1 Å². The molecule has 1 aromatic heterocycles. The Hall–Kier alpha value is -5.27. The summed E-state index contributed by atoms with van der Waals surface area (Å²) in [5.41, 5.74) is 8.66. The maximum Gasteiger partial charge on any atom is 0.254 e. The summed E-state index contributed by atoms with van der Waals surface area (Å²) in [4.78, 5) is 63.2. The molecule has 6 rings (SSSR count). The highest BCUT2D eigenvalue weighted by Gasteiger charge is 2.48. The van der Waals surface area contributed by atoms with E-state index in [0.717, 1.165) is 41.3 Å². The lowest BCUT2D eigenvalue weighted by Crippen LogP contribution is -2.56. The second-order valence-corrected chi connectivity index (χ2v) is 16.5. The number of aromatic hydroxyl groups is 1. The molecule has 2 fully saturated rings. The molecule has 59 heavy (non-hydrogen) atoms. The molecule has 2 saturated heterocycles. The zero-order valence-electron chi connectivity index (χ0n) is 34.2. The van der Waals surface area contributed by atoms with Crippen LogP contribution in [0.2, 0.25) is 5.02 Å². The van der Waals surface area contributed by atoms with E-state index >= 15 is 0 Å². The van der Waals surface area contributed by atoms with Gasteiger partial charge < -0.3 is 45.7 Å². The molecule has 3 aromatic carbocycles. The van der Waals surface area contributed by atoms with E-state index in [0.29, 0.717) is 74.1 Å². The van der Waals surface area contributed by atoms with E-state index in [1.807, 2.05) is 38.2 Å². The van der Waals surface area contributed by atoms with Gasteiger partial charge in [-0.3, -0.25) is 19.2 Å². The van der Waals surface area contributed by atoms with Crippen LogP contribution in [-0.4, -0.2) is 102 Å². The van der Waals surface area contributed by atoms with Gasteiger partial charge >= 0.3 is 0 Å². The first-order chi connectivity index (χ1) is 28.4. The molecule has 6 N–H and O–H groups in total. The van der Waals surface area contributed by atoms with Crippen molar-refractivity contribution in [2.24, 2.45) is 23.5 Å². The molecule has 0 saturated carbocycles. The number of ether oxygens (including phenoxy) is 2. The van der Waals surface area contributed by atoms with E-state index in [1.54, 1.807) is 52.3 Å². The molecule has 4 aromatic rings. The number of halogens is 1. The quantitative estimate of drug-likeness (QED) is 0.0821. The standard InChI is InChI=1S/C45H57ClN6O7/c1-28(2)59-40-16-13-30(20-41(40)58-3)45(57)52-25-32-24-51(42(54)21-31-23-49-39-22-33(46)14-15-35(31)39)27-37(36(32)26-52)43(55)50-38(44(56)48-18-6-4-5-17-47)12-8-10-29-9-7-11-34(53)19-29/h7,9,11,13-16,19-20,22-23,28,32,36-38,49,53H,4-6,8,10,12,17-18,21,24-27,47H2,1-3H3,(H,48,56)(H,50,55)/t32?,36?,37?,38-/m0/s1. The van der Waals surface area contributed by atoms with Crippen LogP contribution >= 0.6 is 11.6 Å². The summed E-state index contributed by atoms with van der Waals surface area (Å²) >= 11 is 6.21. The van der Waals surface area contributed by atoms with Crippen molar-refractivity contribution in [1.82, 2.24) is 25.4 Å². The molecular weight excluding hydrogens is 772 g/mol. The van der Waals surface area contributed by atoms with E-state index < -0.39 is 12.0 Å². The zero-order chi connectivity index (χ0) is 42.1. The molecule has 3 heterocycles. The predicted molar refractivity (Wildman–Crippen MR) is 228 cm³/mol. The monoisotopic (exact) mass is 828 g/mol. The minimum Gasteiger partial charge on any atom is -0.508 e. The van der Waals surface area contributed by atoms with Crippen molar-refractivity contribution in [3.05, 3.63) is 88.6 Å². The third kappa shape index (κ3) is 11.1. The van der Waals surface area contributed by atoms with Gasteiger partial charge in [0.25, 0.3) is 5.91 Å². The number of phenolic OH excluding ortho intramolecular Hbond substituents is 1. The van der Waals surface area contributed by atoms with Gasteiger partial charge in [0, 0.05) is 60.4 Å². The lowest BCUT2D eigenvalue weighted by molar-refractivity contribution is -0.140. The van der Waals surface area contributed by atoms with Gasteiger partial charge in [-0.15, -0.1) is 0 Å². The SMILES string of the molecule is COc1cc(C(=O)N2CC3CN(C(=O)Cc4c[nH]c5cc(Cl)ccc45)CC(C(=O)N[C@@H](CCCc4cccc(O)c4)C(=O)NCCCCCN)C3C2)ccc1OC(C)C. The van der Waals surface area contributed by atoms with Crippen LogP contribution in [-0.2, 0) is 27.2 Å². The third-order valence-corrected chi connectivity index (χ3v) is 11.6. The van der Waals surface area contributed by atoms with Crippen LogP contribution in [0.4, 0.5) is 0 Å². The average Bonchev–Trinajstić information content (AvgIpc) is 3.83. The Labute approximate surface area is 350 Å². The van der Waals surface area contributed by atoms with Crippen LogP contribution in [0.15, 0.2) is 66.9 Å². The van der Waals surface area contributed by atoms with E-state index in [4.69, 9.17) is 26.8 Å². The molecule has 2 aliphatic rings. The third-order valence-electron chi connectivity index (χ3n) is 11.4. The van der Waals surface area contributed by atoms with Gasteiger partial charge in [0.05, 0.1) is 25.6 Å². The second kappa shape index (κ2) is 20.1. The number of methoxy groups -OCH3 is 1. The molecule has 3 unspecified atom stereocenters. The van der Waals surface area contributed by atoms with Gasteiger partial charge in [0.2, 0.25) is 17.7 Å². The Balaban J connectivity index is 1.22. The zero-order valence-corrected chi connectivity index (χ0v) is 34.9. The molecule has 4 amide bonds. The van der Waals surface area contributed by atoms with Crippen molar-refractivity contribution in [3.63, 3.8) is 0 Å². The van der Waals surface area contributed by atoms with Gasteiger partial charge in [0.1, 0.15) is 11.8 Å². The molecular formula is C45H57ClN6O7. The fourth-order valence-corrected chi connectivity index (χ4v) is 8.56. The molecule has 14 heteroatoms. The molecule has 2 aliphatic heterocycles. The summed E-state index contributed by atoms with van der Waals surface area (Å²) in [7, 11) is 1.53. The number of rotatable bonds is 18. The van der Waals surface area contributed by atoms with Gasteiger partial charge in [-0.05, 0) is 118 Å². The van der Waals surface area contributed by atoms with Crippen molar-refractivity contribution in [3.8, 4) is 17.2 Å². The lowest BCUT2D eigenvalue weighted by Gasteiger charge is -2.40. The summed E-state index contributed by atoms with van der Waals surface area (Å²) < 4.78 is 11.4. The van der Waals surface area contributed by atoms with E-state index in [-0.39, 0.29) is 60.3 Å². The number of carbonyl (C=O) groups excluding carboxylic acids is 4. The van der Waals surface area contributed by atoms with Crippen LogP contribution in [0.5, 0.6) is 17.2 Å². The Morgan fingerprint density at radius 2 is 1.76 bits per heavy atom. The minimum absolute atomic E-state index is 0.0827. The van der Waals surface area contributed by atoms with Crippen LogP contribution < -0.4 is 25.8 Å². The highest BCUT2D eigenvalue weighted by atomic mass is 35.5. The van der Waals surface area contributed by atoms with Crippen LogP contribution in [0.3, 0.4) is 0 Å². The summed E-state index contributed by atoms with van der Waals surface area (Å²) in [5.74, 6) is -0.905. The van der Waals surface area contributed by atoms with Crippen LogP contribution in [0, 0.1) is 17.8 Å². The van der Waals surface area contributed by atoms with Crippen LogP contribution in [0.25, 0.3) is 10.9 Å². The first-order valence-corrected chi connectivity index (χ1v) is 21.0. The number of likely N-dealkylation sites (tertiary alicyclic amines) is 2. The summed E-state index contributed by atoms with van der Waals surface area (Å²) in [5, 5.41) is 17.6. The molecule has 0 spiro atoms. The number of phenols is 1. The molecule has 316 valence electrons. The normalized spacial score (nSPS) is 18.1. The topological polar surface area (TPSA) is 179 Å².